The molecule has 6 heteroatoms. The van der Waals surface area contributed by atoms with Crippen molar-refractivity contribution in [1.29, 1.82) is 0 Å². The monoisotopic (exact) mass is 287 g/mol. The lowest BCUT2D eigenvalue weighted by atomic mass is 10.3. The number of rotatable bonds is 1. The maximum atomic E-state index is 12.0. The summed E-state index contributed by atoms with van der Waals surface area (Å²) in [4.78, 5) is 13.7. The second kappa shape index (κ2) is 10.8. The van der Waals surface area contributed by atoms with Gasteiger partial charge in [0.05, 0.1) is 52.9 Å². The van der Waals surface area contributed by atoms with Gasteiger partial charge in [-0.25, -0.2) is 0 Å². The van der Waals surface area contributed by atoms with Crippen LogP contribution in [-0.4, -0.2) is 76.8 Å². The van der Waals surface area contributed by atoms with Gasteiger partial charge in [-0.1, -0.05) is 6.58 Å². The molecule has 0 aliphatic carbocycles. The molecule has 1 amide bonds. The van der Waals surface area contributed by atoms with Crippen LogP contribution in [0.5, 0.6) is 0 Å². The van der Waals surface area contributed by atoms with E-state index in [1.807, 2.05) is 0 Å². The SMILES string of the molecule is C=C(C)C(=O)N1CCOCCOCCOCCOCC1. The van der Waals surface area contributed by atoms with Crippen LogP contribution in [0, 0.1) is 0 Å². The highest BCUT2D eigenvalue weighted by Crippen LogP contribution is 1.99. The lowest BCUT2D eigenvalue weighted by molar-refractivity contribution is -0.128. The average Bonchev–Trinajstić information content (AvgIpc) is 2.44. The van der Waals surface area contributed by atoms with E-state index in [2.05, 4.69) is 6.58 Å². The Labute approximate surface area is 120 Å². The second-order valence-electron chi connectivity index (χ2n) is 4.52. The van der Waals surface area contributed by atoms with Crippen molar-refractivity contribution in [3.05, 3.63) is 12.2 Å². The van der Waals surface area contributed by atoms with Gasteiger partial charge in [-0.15, -0.1) is 0 Å². The molecule has 116 valence electrons. The topological polar surface area (TPSA) is 57.2 Å². The lowest BCUT2D eigenvalue weighted by Gasteiger charge is -2.22. The summed E-state index contributed by atoms with van der Waals surface area (Å²) in [5.74, 6) is -0.0611. The fourth-order valence-electron chi connectivity index (χ4n) is 1.70. The number of carbonyl (C=O) groups excluding carboxylic acids is 1. The summed E-state index contributed by atoms with van der Waals surface area (Å²) in [6.45, 7) is 10.7. The lowest BCUT2D eigenvalue weighted by Crippen LogP contribution is -2.37. The minimum absolute atomic E-state index is 0.0611. The Morgan fingerprint density at radius 1 is 0.800 bits per heavy atom. The van der Waals surface area contributed by atoms with Gasteiger partial charge in [0, 0.05) is 18.7 Å². The Kier molecular flexibility index (Phi) is 9.23. The summed E-state index contributed by atoms with van der Waals surface area (Å²) in [6.07, 6.45) is 0. The Bertz CT molecular complexity index is 279. The minimum atomic E-state index is -0.0611. The molecule has 0 N–H and O–H groups in total. The maximum absolute atomic E-state index is 12.0. The van der Waals surface area contributed by atoms with E-state index in [1.165, 1.54) is 0 Å². The number of carbonyl (C=O) groups is 1. The molecule has 0 aromatic rings. The Hall–Kier alpha value is -0.950. The first-order chi connectivity index (χ1) is 9.72. The van der Waals surface area contributed by atoms with Crippen molar-refractivity contribution >= 4 is 5.91 Å². The molecule has 0 bridgehead atoms. The highest BCUT2D eigenvalue weighted by molar-refractivity contribution is 5.92. The number of ether oxygens (including phenoxy) is 4. The van der Waals surface area contributed by atoms with Crippen LogP contribution in [0.3, 0.4) is 0 Å². The van der Waals surface area contributed by atoms with Crippen LogP contribution in [-0.2, 0) is 23.7 Å². The van der Waals surface area contributed by atoms with Crippen LogP contribution in [0.25, 0.3) is 0 Å². The molecule has 6 nitrogen and oxygen atoms in total. The van der Waals surface area contributed by atoms with Crippen molar-refractivity contribution in [2.75, 3.05) is 65.9 Å². The first-order valence-electron chi connectivity index (χ1n) is 6.97. The van der Waals surface area contributed by atoms with Gasteiger partial charge in [-0.05, 0) is 6.92 Å². The van der Waals surface area contributed by atoms with E-state index in [9.17, 15) is 4.79 Å². The van der Waals surface area contributed by atoms with Crippen molar-refractivity contribution in [3.63, 3.8) is 0 Å². The van der Waals surface area contributed by atoms with E-state index in [4.69, 9.17) is 18.9 Å². The van der Waals surface area contributed by atoms with Gasteiger partial charge < -0.3 is 23.8 Å². The van der Waals surface area contributed by atoms with Crippen molar-refractivity contribution in [1.82, 2.24) is 4.90 Å². The predicted molar refractivity (Wildman–Crippen MR) is 74.7 cm³/mol. The zero-order valence-corrected chi connectivity index (χ0v) is 12.3. The number of hydrogen-bond donors (Lipinski definition) is 0. The minimum Gasteiger partial charge on any atom is -0.377 e. The van der Waals surface area contributed by atoms with Crippen molar-refractivity contribution in [2.24, 2.45) is 0 Å². The van der Waals surface area contributed by atoms with E-state index in [0.29, 0.717) is 71.5 Å². The Morgan fingerprint density at radius 2 is 1.15 bits per heavy atom. The fourth-order valence-corrected chi connectivity index (χ4v) is 1.70. The molecule has 0 saturated carbocycles. The van der Waals surface area contributed by atoms with Gasteiger partial charge in [0.15, 0.2) is 0 Å². The van der Waals surface area contributed by atoms with Crippen molar-refractivity contribution < 1.29 is 23.7 Å². The quantitative estimate of drug-likeness (QED) is 0.656. The molecule has 20 heavy (non-hydrogen) atoms. The molecule has 1 rings (SSSR count). The largest absolute Gasteiger partial charge is 0.377 e. The smallest absolute Gasteiger partial charge is 0.249 e. The third-order valence-corrected chi connectivity index (χ3v) is 2.78. The molecular formula is C14H25NO5. The first kappa shape index (κ1) is 17.1. The Balaban J connectivity index is 2.40. The number of nitrogens with zero attached hydrogens (tertiary/aromatic N) is 1. The zero-order chi connectivity index (χ0) is 14.6. The Morgan fingerprint density at radius 3 is 1.50 bits per heavy atom. The molecule has 0 atom stereocenters. The van der Waals surface area contributed by atoms with Gasteiger partial charge in [0.2, 0.25) is 5.91 Å². The molecule has 1 saturated heterocycles. The second-order valence-corrected chi connectivity index (χ2v) is 4.52. The molecular weight excluding hydrogens is 262 g/mol. The van der Waals surface area contributed by atoms with Crippen LogP contribution >= 0.6 is 0 Å². The highest BCUT2D eigenvalue weighted by atomic mass is 16.6. The van der Waals surface area contributed by atoms with Crippen LogP contribution < -0.4 is 0 Å². The standard InChI is InChI=1S/C14H25NO5/c1-13(2)14(16)15-3-5-17-7-9-19-11-12-20-10-8-18-6-4-15/h1,3-12H2,2H3. The molecule has 0 unspecified atom stereocenters. The summed E-state index contributed by atoms with van der Waals surface area (Å²) in [5, 5.41) is 0. The van der Waals surface area contributed by atoms with Gasteiger partial charge in [-0.3, -0.25) is 4.79 Å². The van der Waals surface area contributed by atoms with Gasteiger partial charge in [0.25, 0.3) is 0 Å². The van der Waals surface area contributed by atoms with Crippen LogP contribution in [0.15, 0.2) is 12.2 Å². The molecule has 0 aromatic heterocycles. The van der Waals surface area contributed by atoms with Gasteiger partial charge in [-0.2, -0.15) is 0 Å². The molecule has 0 spiro atoms. The van der Waals surface area contributed by atoms with E-state index >= 15 is 0 Å². The third kappa shape index (κ3) is 7.59. The number of hydrogen-bond acceptors (Lipinski definition) is 5. The summed E-state index contributed by atoms with van der Waals surface area (Å²) < 4.78 is 21.6. The van der Waals surface area contributed by atoms with Crippen LogP contribution in [0.1, 0.15) is 6.92 Å². The predicted octanol–water partition coefficient (Wildman–Crippen LogP) is 0.471. The van der Waals surface area contributed by atoms with Crippen LogP contribution in [0.4, 0.5) is 0 Å². The fraction of sp³-hybridized carbons (Fsp3) is 0.786. The number of amides is 1. The van der Waals surface area contributed by atoms with Crippen molar-refractivity contribution in [2.45, 2.75) is 6.92 Å². The van der Waals surface area contributed by atoms with Gasteiger partial charge >= 0.3 is 0 Å². The van der Waals surface area contributed by atoms with E-state index in [0.717, 1.165) is 0 Å². The molecule has 1 heterocycles. The normalized spacial score (nSPS) is 20.8. The molecule has 1 aliphatic rings. The maximum Gasteiger partial charge on any atom is 0.249 e. The molecule has 1 aliphatic heterocycles. The van der Waals surface area contributed by atoms with E-state index < -0.39 is 0 Å². The molecule has 0 aromatic carbocycles. The van der Waals surface area contributed by atoms with Crippen molar-refractivity contribution in [3.8, 4) is 0 Å². The van der Waals surface area contributed by atoms with E-state index in [1.54, 1.807) is 11.8 Å². The third-order valence-electron chi connectivity index (χ3n) is 2.78. The molecule has 0 radical (unpaired) electrons. The first-order valence-corrected chi connectivity index (χ1v) is 6.97. The summed E-state index contributed by atoms with van der Waals surface area (Å²) in [7, 11) is 0. The average molecular weight is 287 g/mol. The summed E-state index contributed by atoms with van der Waals surface area (Å²) in [5.41, 5.74) is 0.523. The summed E-state index contributed by atoms with van der Waals surface area (Å²) in [6, 6.07) is 0. The van der Waals surface area contributed by atoms with E-state index in [-0.39, 0.29) is 5.91 Å². The zero-order valence-electron chi connectivity index (χ0n) is 12.3. The summed E-state index contributed by atoms with van der Waals surface area (Å²) >= 11 is 0. The van der Waals surface area contributed by atoms with Crippen LogP contribution in [0.2, 0.25) is 0 Å². The molecule has 1 fully saturated rings. The highest BCUT2D eigenvalue weighted by Gasteiger charge is 2.13. The van der Waals surface area contributed by atoms with Gasteiger partial charge in [0.1, 0.15) is 0 Å².